The lowest BCUT2D eigenvalue weighted by Crippen LogP contribution is -2.50. The number of aromatic nitrogens is 2. The van der Waals surface area contributed by atoms with Gasteiger partial charge in [-0.3, -0.25) is 14.3 Å². The van der Waals surface area contributed by atoms with Gasteiger partial charge in [-0.1, -0.05) is 12.1 Å². The largest absolute Gasteiger partial charge is 0.388 e. The Hall–Kier alpha value is -2.94. The number of amides is 2. The molecular formula is C26H34FN5O3. The smallest absolute Gasteiger partial charge is 0.274 e. The van der Waals surface area contributed by atoms with E-state index in [1.807, 2.05) is 4.90 Å². The molecule has 1 aromatic carbocycles. The molecule has 2 amide bonds. The van der Waals surface area contributed by atoms with Crippen LogP contribution in [0.4, 0.5) is 10.1 Å². The topological polar surface area (TPSA) is 81.9 Å². The zero-order chi connectivity index (χ0) is 24.7. The predicted molar refractivity (Wildman–Crippen MR) is 130 cm³/mol. The molecule has 0 unspecified atom stereocenters. The number of benzene rings is 1. The first-order chi connectivity index (χ1) is 16.8. The van der Waals surface area contributed by atoms with Crippen molar-refractivity contribution in [2.24, 2.45) is 0 Å². The number of likely N-dealkylation sites (tertiary alicyclic amines) is 1. The molecule has 1 aromatic heterocycles. The maximum absolute atomic E-state index is 13.7. The summed E-state index contributed by atoms with van der Waals surface area (Å²) in [5.74, 6) is -0.266. The van der Waals surface area contributed by atoms with Gasteiger partial charge in [-0.25, -0.2) is 4.39 Å². The van der Waals surface area contributed by atoms with Crippen molar-refractivity contribution in [2.75, 3.05) is 44.2 Å². The van der Waals surface area contributed by atoms with Crippen molar-refractivity contribution in [1.29, 1.82) is 0 Å². The molecule has 35 heavy (non-hydrogen) atoms. The van der Waals surface area contributed by atoms with Gasteiger partial charge in [-0.15, -0.1) is 0 Å². The summed E-state index contributed by atoms with van der Waals surface area (Å²) in [6, 6.07) is 6.33. The van der Waals surface area contributed by atoms with E-state index >= 15 is 0 Å². The van der Waals surface area contributed by atoms with E-state index < -0.39 is 12.3 Å². The minimum atomic E-state index is -1.30. The molecule has 8 nitrogen and oxygen atoms in total. The first-order valence-electron chi connectivity index (χ1n) is 12.6. The highest BCUT2D eigenvalue weighted by Gasteiger charge is 2.35. The molecule has 5 rings (SSSR count). The van der Waals surface area contributed by atoms with E-state index in [-0.39, 0.29) is 37.9 Å². The Bertz CT molecular complexity index is 1120. The van der Waals surface area contributed by atoms with E-state index in [4.69, 9.17) is 0 Å². The molecule has 9 heteroatoms. The van der Waals surface area contributed by atoms with Crippen LogP contribution in [0.25, 0.3) is 0 Å². The number of hydrogen-bond acceptors (Lipinski definition) is 5. The zero-order valence-electron chi connectivity index (χ0n) is 20.5. The van der Waals surface area contributed by atoms with Crippen LogP contribution in [0.1, 0.15) is 45.7 Å². The average Bonchev–Trinajstić information content (AvgIpc) is 3.46. The standard InChI is InChI=1S/C26H34FN5O3/c1-17-5-3-7-21(18(17)2)29-11-13-30(14-12-29)24(34)16-32-22-8-4-6-19(22)25(28-32)26(35)31-10-9-20(27)23(33)15-31/h3,5,7,20,23,33H,4,6,8-16H2,1-2H3/t20-,23+/m1/s1. The fraction of sp³-hybridized carbons (Fsp3) is 0.577. The highest BCUT2D eigenvalue weighted by molar-refractivity contribution is 5.94. The van der Waals surface area contributed by atoms with Gasteiger partial charge in [0.15, 0.2) is 5.69 Å². The van der Waals surface area contributed by atoms with E-state index in [0.29, 0.717) is 18.8 Å². The van der Waals surface area contributed by atoms with Crippen molar-refractivity contribution in [2.45, 2.75) is 58.4 Å². The van der Waals surface area contributed by atoms with Gasteiger partial charge in [0.2, 0.25) is 5.91 Å². The van der Waals surface area contributed by atoms with Crippen molar-refractivity contribution in [3.63, 3.8) is 0 Å². The molecule has 1 aliphatic carbocycles. The second-order valence-corrected chi connectivity index (χ2v) is 10.00. The fourth-order valence-corrected chi connectivity index (χ4v) is 5.55. The normalized spacial score (nSPS) is 22.5. The number of fused-ring (bicyclic) bond motifs is 1. The molecular weight excluding hydrogens is 449 g/mol. The number of carbonyl (C=O) groups is 2. The number of aliphatic hydroxyl groups is 1. The molecule has 2 saturated heterocycles. The first-order valence-corrected chi connectivity index (χ1v) is 12.6. The van der Waals surface area contributed by atoms with Gasteiger partial charge in [0.1, 0.15) is 18.8 Å². The number of anilines is 1. The highest BCUT2D eigenvalue weighted by Crippen LogP contribution is 2.28. The number of rotatable bonds is 4. The summed E-state index contributed by atoms with van der Waals surface area (Å²) < 4.78 is 15.4. The molecule has 1 N–H and O–H groups in total. The average molecular weight is 484 g/mol. The number of hydrogen-bond donors (Lipinski definition) is 1. The van der Waals surface area contributed by atoms with Crippen LogP contribution in [0.5, 0.6) is 0 Å². The maximum atomic E-state index is 13.7. The molecule has 2 atom stereocenters. The second kappa shape index (κ2) is 9.60. The number of piperidine rings is 1. The number of carbonyl (C=O) groups excluding carboxylic acids is 2. The number of piperazine rings is 1. The van der Waals surface area contributed by atoms with Crippen molar-refractivity contribution >= 4 is 17.5 Å². The van der Waals surface area contributed by atoms with E-state index in [1.54, 1.807) is 4.68 Å². The molecule has 3 aliphatic rings. The summed E-state index contributed by atoms with van der Waals surface area (Å²) in [6.45, 7) is 7.48. The van der Waals surface area contributed by atoms with Gasteiger partial charge in [0, 0.05) is 56.2 Å². The van der Waals surface area contributed by atoms with Gasteiger partial charge >= 0.3 is 0 Å². The summed E-state index contributed by atoms with van der Waals surface area (Å²) in [7, 11) is 0. The SMILES string of the molecule is Cc1cccc(N2CCN(C(=O)Cn3nc(C(=O)N4CC[C@@H](F)[C@@H](O)C4)c4c3CCC4)CC2)c1C. The fourth-order valence-electron chi connectivity index (χ4n) is 5.55. The Kier molecular flexibility index (Phi) is 6.53. The summed E-state index contributed by atoms with van der Waals surface area (Å²) in [4.78, 5) is 32.0. The van der Waals surface area contributed by atoms with Crippen LogP contribution in [0.3, 0.4) is 0 Å². The number of halogens is 1. The van der Waals surface area contributed by atoms with Gasteiger partial charge in [-0.05, 0) is 56.7 Å². The van der Waals surface area contributed by atoms with Gasteiger partial charge in [0.25, 0.3) is 5.91 Å². The Morgan fingerprint density at radius 3 is 2.60 bits per heavy atom. The molecule has 2 aliphatic heterocycles. The molecule has 0 spiro atoms. The monoisotopic (exact) mass is 483 g/mol. The first kappa shape index (κ1) is 23.8. The van der Waals surface area contributed by atoms with E-state index in [2.05, 4.69) is 42.0 Å². The number of aliphatic hydroxyl groups excluding tert-OH is 1. The zero-order valence-corrected chi connectivity index (χ0v) is 20.5. The van der Waals surface area contributed by atoms with Gasteiger partial charge in [-0.2, -0.15) is 5.10 Å². The molecule has 0 bridgehead atoms. The van der Waals surface area contributed by atoms with Gasteiger partial charge < -0.3 is 19.8 Å². The lowest BCUT2D eigenvalue weighted by molar-refractivity contribution is -0.132. The van der Waals surface area contributed by atoms with E-state index in [0.717, 1.165) is 43.6 Å². The van der Waals surface area contributed by atoms with Crippen molar-refractivity contribution in [3.05, 3.63) is 46.3 Å². The number of β-amino-alcohol motifs (C(OH)–C–C–N with tert-alkyl or cyclic N) is 1. The highest BCUT2D eigenvalue weighted by atomic mass is 19.1. The Balaban J connectivity index is 1.25. The Morgan fingerprint density at radius 2 is 1.86 bits per heavy atom. The summed E-state index contributed by atoms with van der Waals surface area (Å²) in [5.41, 5.74) is 5.99. The molecule has 0 saturated carbocycles. The molecule has 2 aromatic rings. The predicted octanol–water partition coefficient (Wildman–Crippen LogP) is 1.88. The van der Waals surface area contributed by atoms with Crippen LogP contribution in [0.2, 0.25) is 0 Å². The van der Waals surface area contributed by atoms with E-state index in [9.17, 15) is 19.1 Å². The lowest BCUT2D eigenvalue weighted by Gasteiger charge is -2.37. The number of aryl methyl sites for hydroxylation is 1. The quantitative estimate of drug-likeness (QED) is 0.718. The molecule has 2 fully saturated rings. The molecule has 3 heterocycles. The summed E-state index contributed by atoms with van der Waals surface area (Å²) in [5, 5.41) is 14.4. The molecule has 188 valence electrons. The third-order valence-electron chi connectivity index (χ3n) is 7.83. The van der Waals surface area contributed by atoms with Crippen LogP contribution in [0, 0.1) is 13.8 Å². The maximum Gasteiger partial charge on any atom is 0.274 e. The third-order valence-corrected chi connectivity index (χ3v) is 7.83. The van der Waals surface area contributed by atoms with Crippen molar-refractivity contribution in [1.82, 2.24) is 19.6 Å². The summed E-state index contributed by atoms with van der Waals surface area (Å²) >= 11 is 0. The molecule has 0 radical (unpaired) electrons. The van der Waals surface area contributed by atoms with Crippen LogP contribution in [0.15, 0.2) is 18.2 Å². The minimum absolute atomic E-state index is 0.00970. The third kappa shape index (κ3) is 4.53. The van der Waals surface area contributed by atoms with Gasteiger partial charge in [0.05, 0.1) is 0 Å². The van der Waals surface area contributed by atoms with Crippen LogP contribution in [-0.4, -0.2) is 88.0 Å². The second-order valence-electron chi connectivity index (χ2n) is 10.00. The van der Waals surface area contributed by atoms with Crippen LogP contribution in [-0.2, 0) is 24.2 Å². The minimum Gasteiger partial charge on any atom is -0.388 e. The lowest BCUT2D eigenvalue weighted by atomic mass is 10.1. The van der Waals surface area contributed by atoms with Crippen LogP contribution < -0.4 is 4.90 Å². The van der Waals surface area contributed by atoms with E-state index in [1.165, 1.54) is 21.7 Å². The number of nitrogens with zero attached hydrogens (tertiary/aromatic N) is 5. The number of alkyl halides is 1. The Labute approximate surface area is 205 Å². The summed E-state index contributed by atoms with van der Waals surface area (Å²) in [6.07, 6.45) is 0.134. The van der Waals surface area contributed by atoms with Crippen molar-refractivity contribution in [3.8, 4) is 0 Å². The van der Waals surface area contributed by atoms with Crippen molar-refractivity contribution < 1.29 is 19.1 Å². The van der Waals surface area contributed by atoms with Crippen LogP contribution >= 0.6 is 0 Å². The Morgan fingerprint density at radius 1 is 1.09 bits per heavy atom.